The molecule has 0 radical (unpaired) electrons. The second kappa shape index (κ2) is 8.02. The fourth-order valence-electron chi connectivity index (χ4n) is 2.17. The van der Waals surface area contributed by atoms with Gasteiger partial charge in [-0.2, -0.15) is 0 Å². The van der Waals surface area contributed by atoms with Gasteiger partial charge in [0, 0.05) is 26.6 Å². The normalized spacial score (nSPS) is 20.9. The molecule has 2 amide bonds. The van der Waals surface area contributed by atoms with E-state index in [1.165, 1.54) is 6.42 Å². The highest BCUT2D eigenvalue weighted by Crippen LogP contribution is 2.37. The summed E-state index contributed by atoms with van der Waals surface area (Å²) in [5.74, 6) is 0.723. The lowest BCUT2D eigenvalue weighted by atomic mass is 10.1. The van der Waals surface area contributed by atoms with E-state index in [2.05, 4.69) is 12.2 Å². The molecule has 19 heavy (non-hydrogen) atoms. The maximum Gasteiger partial charge on any atom is 0.317 e. The number of nitrogens with one attached hydrogen (secondary N) is 1. The van der Waals surface area contributed by atoms with Crippen LogP contribution in [0.2, 0.25) is 0 Å². The molecule has 5 heteroatoms. The molecule has 2 atom stereocenters. The van der Waals surface area contributed by atoms with Crippen molar-refractivity contribution in [2.45, 2.75) is 45.4 Å². The molecule has 5 nitrogen and oxygen atoms in total. The predicted molar refractivity (Wildman–Crippen MR) is 74.0 cm³/mol. The van der Waals surface area contributed by atoms with Crippen LogP contribution in [-0.2, 0) is 4.79 Å². The molecule has 0 aromatic heterocycles. The van der Waals surface area contributed by atoms with Crippen LogP contribution in [-0.4, -0.2) is 42.1 Å². The van der Waals surface area contributed by atoms with E-state index < -0.39 is 5.97 Å². The summed E-state index contributed by atoms with van der Waals surface area (Å²) in [7, 11) is 1.84. The molecule has 0 spiro atoms. The summed E-state index contributed by atoms with van der Waals surface area (Å²) >= 11 is 0. The number of nitrogens with zero attached hydrogens (tertiary/aromatic N) is 1. The molecule has 0 aliphatic heterocycles. The van der Waals surface area contributed by atoms with Crippen molar-refractivity contribution in [2.24, 2.45) is 11.8 Å². The second-order valence-corrected chi connectivity index (χ2v) is 5.64. The Bertz CT molecular complexity index is 307. The van der Waals surface area contributed by atoms with Gasteiger partial charge in [-0.1, -0.05) is 19.8 Å². The molecule has 0 saturated heterocycles. The van der Waals surface area contributed by atoms with Crippen molar-refractivity contribution in [3.05, 3.63) is 0 Å². The van der Waals surface area contributed by atoms with Crippen LogP contribution in [0.4, 0.5) is 4.79 Å². The van der Waals surface area contributed by atoms with Gasteiger partial charge in [-0.15, -0.1) is 0 Å². The molecule has 0 heterocycles. The fourth-order valence-corrected chi connectivity index (χ4v) is 2.17. The lowest BCUT2D eigenvalue weighted by molar-refractivity contribution is -0.137. The zero-order valence-electron chi connectivity index (χ0n) is 12.0. The number of urea groups is 1. The van der Waals surface area contributed by atoms with E-state index in [9.17, 15) is 9.59 Å². The minimum atomic E-state index is -0.732. The summed E-state index contributed by atoms with van der Waals surface area (Å²) < 4.78 is 0. The highest BCUT2D eigenvalue weighted by Gasteiger charge is 2.34. The summed E-state index contributed by atoms with van der Waals surface area (Å²) in [6, 6.07) is 0.00429. The maximum absolute atomic E-state index is 11.7. The fraction of sp³-hybridized carbons (Fsp3) is 0.857. The third kappa shape index (κ3) is 7.03. The number of amides is 2. The van der Waals surface area contributed by atoms with Crippen molar-refractivity contribution >= 4 is 12.0 Å². The summed E-state index contributed by atoms with van der Waals surface area (Å²) in [6.07, 6.45) is 5.01. The number of carboxylic acids is 1. The van der Waals surface area contributed by atoms with Crippen LogP contribution in [0.25, 0.3) is 0 Å². The van der Waals surface area contributed by atoms with Gasteiger partial charge in [-0.3, -0.25) is 4.79 Å². The lowest BCUT2D eigenvalue weighted by Gasteiger charge is -2.17. The van der Waals surface area contributed by atoms with E-state index in [4.69, 9.17) is 5.11 Å². The van der Waals surface area contributed by atoms with Crippen molar-refractivity contribution in [3.63, 3.8) is 0 Å². The van der Waals surface area contributed by atoms with E-state index in [-0.39, 0.29) is 12.5 Å². The average Bonchev–Trinajstić information content (AvgIpc) is 3.02. The highest BCUT2D eigenvalue weighted by molar-refractivity contribution is 5.73. The molecule has 0 aromatic rings. The minimum absolute atomic E-state index is 0.00429. The van der Waals surface area contributed by atoms with Gasteiger partial charge in [0.2, 0.25) is 0 Å². The van der Waals surface area contributed by atoms with Crippen molar-refractivity contribution in [1.82, 2.24) is 10.2 Å². The van der Waals surface area contributed by atoms with Gasteiger partial charge < -0.3 is 15.3 Å². The van der Waals surface area contributed by atoms with Crippen LogP contribution >= 0.6 is 0 Å². The van der Waals surface area contributed by atoms with Crippen LogP contribution in [0.1, 0.15) is 45.4 Å². The molecule has 1 saturated carbocycles. The molecular weight excluding hydrogens is 244 g/mol. The Morgan fingerprint density at radius 3 is 2.47 bits per heavy atom. The molecule has 2 N–H and O–H groups in total. The standard InChI is InChI=1S/C14H26N2O3/c1-11-9-12(11)10-16(2)14(19)15-8-6-4-3-5-7-13(17)18/h11-12H,3-10H2,1-2H3,(H,15,19)(H,17,18). The molecule has 1 fully saturated rings. The van der Waals surface area contributed by atoms with Crippen molar-refractivity contribution in [1.29, 1.82) is 0 Å². The molecule has 0 aromatic carbocycles. The first-order chi connectivity index (χ1) is 9.00. The smallest absolute Gasteiger partial charge is 0.317 e. The Morgan fingerprint density at radius 2 is 1.89 bits per heavy atom. The van der Waals surface area contributed by atoms with Crippen LogP contribution in [0.5, 0.6) is 0 Å². The predicted octanol–water partition coefficient (Wildman–Crippen LogP) is 2.32. The molecule has 1 aliphatic rings. The first-order valence-corrected chi connectivity index (χ1v) is 7.21. The Hall–Kier alpha value is -1.26. The van der Waals surface area contributed by atoms with Gasteiger partial charge in [-0.25, -0.2) is 4.79 Å². The zero-order chi connectivity index (χ0) is 14.3. The second-order valence-electron chi connectivity index (χ2n) is 5.64. The zero-order valence-corrected chi connectivity index (χ0v) is 12.0. The van der Waals surface area contributed by atoms with Crippen LogP contribution in [0.15, 0.2) is 0 Å². The van der Waals surface area contributed by atoms with Gasteiger partial charge in [0.25, 0.3) is 0 Å². The van der Waals surface area contributed by atoms with E-state index in [0.717, 1.165) is 38.1 Å². The van der Waals surface area contributed by atoms with Crippen molar-refractivity contribution in [2.75, 3.05) is 20.1 Å². The number of carboxylic acid groups (broad SMARTS) is 1. The Balaban J connectivity index is 1.93. The summed E-state index contributed by atoms with van der Waals surface area (Å²) in [6.45, 7) is 3.75. The van der Waals surface area contributed by atoms with Gasteiger partial charge in [0.05, 0.1) is 0 Å². The van der Waals surface area contributed by atoms with Gasteiger partial charge in [-0.05, 0) is 31.1 Å². The van der Waals surface area contributed by atoms with E-state index in [1.54, 1.807) is 4.90 Å². The number of unbranched alkanes of at least 4 members (excludes halogenated alkanes) is 3. The Labute approximate surface area is 115 Å². The maximum atomic E-state index is 11.7. The Kier molecular flexibility index (Phi) is 6.67. The number of hydrogen-bond acceptors (Lipinski definition) is 2. The number of aliphatic carboxylic acids is 1. The van der Waals surface area contributed by atoms with Crippen LogP contribution < -0.4 is 5.32 Å². The molecule has 0 bridgehead atoms. The quantitative estimate of drug-likeness (QED) is 0.632. The number of rotatable bonds is 9. The summed E-state index contributed by atoms with van der Waals surface area (Å²) in [4.78, 5) is 23.8. The van der Waals surface area contributed by atoms with Gasteiger partial charge >= 0.3 is 12.0 Å². The molecule has 1 aliphatic carbocycles. The monoisotopic (exact) mass is 270 g/mol. The summed E-state index contributed by atoms with van der Waals surface area (Å²) in [5, 5.41) is 11.4. The van der Waals surface area contributed by atoms with E-state index >= 15 is 0 Å². The number of carbonyl (C=O) groups is 2. The molecule has 110 valence electrons. The minimum Gasteiger partial charge on any atom is -0.481 e. The average molecular weight is 270 g/mol. The first-order valence-electron chi connectivity index (χ1n) is 7.21. The SMILES string of the molecule is CC1CC1CN(C)C(=O)NCCCCCCC(=O)O. The molecular formula is C14H26N2O3. The topological polar surface area (TPSA) is 69.6 Å². The van der Waals surface area contributed by atoms with Crippen molar-refractivity contribution < 1.29 is 14.7 Å². The first kappa shape index (κ1) is 15.8. The molecule has 1 rings (SSSR count). The van der Waals surface area contributed by atoms with Gasteiger partial charge in [0.15, 0.2) is 0 Å². The van der Waals surface area contributed by atoms with Crippen LogP contribution in [0, 0.1) is 11.8 Å². The highest BCUT2D eigenvalue weighted by atomic mass is 16.4. The summed E-state index contributed by atoms with van der Waals surface area (Å²) in [5.41, 5.74) is 0. The Morgan fingerprint density at radius 1 is 1.26 bits per heavy atom. The largest absolute Gasteiger partial charge is 0.481 e. The third-order valence-corrected chi connectivity index (χ3v) is 3.72. The van der Waals surface area contributed by atoms with E-state index in [0.29, 0.717) is 12.5 Å². The lowest BCUT2D eigenvalue weighted by Crippen LogP contribution is -2.38. The van der Waals surface area contributed by atoms with E-state index in [1.807, 2.05) is 7.05 Å². The van der Waals surface area contributed by atoms with Crippen molar-refractivity contribution in [3.8, 4) is 0 Å². The van der Waals surface area contributed by atoms with Gasteiger partial charge in [0.1, 0.15) is 0 Å². The number of hydrogen-bond donors (Lipinski definition) is 2. The third-order valence-electron chi connectivity index (χ3n) is 3.72. The van der Waals surface area contributed by atoms with Crippen LogP contribution in [0.3, 0.4) is 0 Å². The molecule has 2 unspecified atom stereocenters. The number of carbonyl (C=O) groups excluding carboxylic acids is 1.